The molecule has 0 saturated carbocycles. The Morgan fingerprint density at radius 1 is 1.00 bits per heavy atom. The van der Waals surface area contributed by atoms with Gasteiger partial charge in [-0.25, -0.2) is 14.2 Å². The highest BCUT2D eigenvalue weighted by atomic mass is 19.1. The molecule has 0 unspecified atom stereocenters. The molecule has 0 radical (unpaired) electrons. The zero-order valence-corrected chi connectivity index (χ0v) is 19.0. The summed E-state index contributed by atoms with van der Waals surface area (Å²) in [4.78, 5) is 33.6. The van der Waals surface area contributed by atoms with Crippen LogP contribution in [0.3, 0.4) is 0 Å². The summed E-state index contributed by atoms with van der Waals surface area (Å²) in [6.45, 7) is 3.02. The summed E-state index contributed by atoms with van der Waals surface area (Å²) < 4.78 is 18.8. The second-order valence-corrected chi connectivity index (χ2v) is 8.03. The molecule has 2 heterocycles. The Hall–Kier alpha value is -3.98. The van der Waals surface area contributed by atoms with Gasteiger partial charge in [0.25, 0.3) is 5.91 Å². The van der Waals surface area contributed by atoms with Crippen molar-refractivity contribution in [3.8, 4) is 16.9 Å². The molecule has 3 aromatic rings. The van der Waals surface area contributed by atoms with E-state index in [1.54, 1.807) is 48.7 Å². The van der Waals surface area contributed by atoms with Gasteiger partial charge in [-0.15, -0.1) is 0 Å². The number of nitrogens with one attached hydrogen (secondary N) is 2. The summed E-state index contributed by atoms with van der Waals surface area (Å²) >= 11 is 0. The monoisotopic (exact) mass is 463 g/mol. The van der Waals surface area contributed by atoms with Crippen molar-refractivity contribution in [1.29, 1.82) is 0 Å². The van der Waals surface area contributed by atoms with Crippen molar-refractivity contribution in [3.05, 3.63) is 72.2 Å². The topological polar surface area (TPSA) is 86.8 Å². The number of aromatic nitrogens is 1. The average molecular weight is 464 g/mol. The minimum absolute atomic E-state index is 0.0558. The minimum Gasteiger partial charge on any atom is -0.496 e. The highest BCUT2D eigenvalue weighted by molar-refractivity contribution is 6.01. The van der Waals surface area contributed by atoms with E-state index in [1.807, 2.05) is 11.9 Å². The summed E-state index contributed by atoms with van der Waals surface area (Å²) in [5.74, 6) is 0.231. The third kappa shape index (κ3) is 5.49. The van der Waals surface area contributed by atoms with Gasteiger partial charge in [0.05, 0.1) is 7.11 Å². The lowest BCUT2D eigenvalue weighted by Crippen LogP contribution is -2.47. The van der Waals surface area contributed by atoms with Gasteiger partial charge in [0.1, 0.15) is 17.4 Å². The smallest absolute Gasteiger partial charge is 0.324 e. The molecule has 1 fully saturated rings. The maximum absolute atomic E-state index is 13.5. The minimum atomic E-state index is -0.500. The van der Waals surface area contributed by atoms with Gasteiger partial charge in [0.15, 0.2) is 0 Å². The molecule has 3 amide bonds. The van der Waals surface area contributed by atoms with Gasteiger partial charge in [0, 0.05) is 55.3 Å². The van der Waals surface area contributed by atoms with Crippen LogP contribution in [0.2, 0.25) is 0 Å². The fourth-order valence-electron chi connectivity index (χ4n) is 3.77. The van der Waals surface area contributed by atoms with Crippen molar-refractivity contribution < 1.29 is 18.7 Å². The molecule has 2 N–H and O–H groups in total. The first-order valence-corrected chi connectivity index (χ1v) is 10.9. The third-order valence-corrected chi connectivity index (χ3v) is 5.63. The van der Waals surface area contributed by atoms with Crippen LogP contribution in [-0.2, 0) is 0 Å². The zero-order valence-electron chi connectivity index (χ0n) is 19.0. The number of amides is 3. The van der Waals surface area contributed by atoms with Crippen LogP contribution in [0.15, 0.2) is 60.8 Å². The van der Waals surface area contributed by atoms with E-state index in [1.165, 1.54) is 19.2 Å². The second kappa shape index (κ2) is 10.3. The number of hydrogen-bond donors (Lipinski definition) is 2. The molecule has 0 aliphatic carbocycles. The number of pyridine rings is 1. The van der Waals surface area contributed by atoms with Crippen LogP contribution in [0.5, 0.6) is 5.75 Å². The molecule has 4 rings (SSSR count). The molecule has 1 aromatic heterocycles. The molecule has 1 aliphatic rings. The SMILES string of the molecule is COc1cc(F)ccc1-c1ccnc(NC(=O)Nc2cccc(C(=O)N3CCN(C)CC3)c2)c1. The number of nitrogens with zero attached hydrogens (tertiary/aromatic N) is 3. The molecular formula is C25H26FN5O3. The molecule has 1 saturated heterocycles. The summed E-state index contributed by atoms with van der Waals surface area (Å²) in [5.41, 5.74) is 2.39. The Labute approximate surface area is 197 Å². The van der Waals surface area contributed by atoms with Crippen molar-refractivity contribution in [1.82, 2.24) is 14.8 Å². The number of ether oxygens (including phenoxy) is 1. The van der Waals surface area contributed by atoms with Crippen LogP contribution >= 0.6 is 0 Å². The van der Waals surface area contributed by atoms with Crippen LogP contribution in [0.1, 0.15) is 10.4 Å². The lowest BCUT2D eigenvalue weighted by Gasteiger charge is -2.32. The number of carbonyl (C=O) groups is 2. The van der Waals surface area contributed by atoms with E-state index >= 15 is 0 Å². The van der Waals surface area contributed by atoms with Gasteiger partial charge < -0.3 is 19.9 Å². The van der Waals surface area contributed by atoms with Crippen molar-refractivity contribution in [2.75, 3.05) is 51.0 Å². The fraction of sp³-hybridized carbons (Fsp3) is 0.240. The van der Waals surface area contributed by atoms with Crippen molar-refractivity contribution in [2.24, 2.45) is 0 Å². The van der Waals surface area contributed by atoms with Gasteiger partial charge >= 0.3 is 6.03 Å². The largest absolute Gasteiger partial charge is 0.496 e. The van der Waals surface area contributed by atoms with Gasteiger partial charge in [-0.2, -0.15) is 0 Å². The van der Waals surface area contributed by atoms with Gasteiger partial charge in [-0.05, 0) is 55.1 Å². The summed E-state index contributed by atoms with van der Waals surface area (Å²) in [6.07, 6.45) is 1.54. The van der Waals surface area contributed by atoms with Crippen LogP contribution < -0.4 is 15.4 Å². The molecule has 0 spiro atoms. The summed E-state index contributed by atoms with van der Waals surface area (Å²) in [5, 5.41) is 5.43. The highest BCUT2D eigenvalue weighted by Crippen LogP contribution is 2.31. The molecule has 0 bridgehead atoms. The standard InChI is InChI=1S/C25H26FN5O3/c1-30-10-12-31(13-11-30)24(32)18-4-3-5-20(14-18)28-25(33)29-23-15-17(8-9-27-23)21-7-6-19(26)16-22(21)34-2/h3-9,14-16H,10-13H2,1-2H3,(H2,27,28,29,33). The summed E-state index contributed by atoms with van der Waals surface area (Å²) in [6, 6.07) is 14.0. The molecule has 2 aromatic carbocycles. The van der Waals surface area contributed by atoms with Crippen molar-refractivity contribution >= 4 is 23.4 Å². The first-order chi connectivity index (χ1) is 16.4. The van der Waals surface area contributed by atoms with Crippen molar-refractivity contribution in [3.63, 3.8) is 0 Å². The quantitative estimate of drug-likeness (QED) is 0.599. The number of methoxy groups -OCH3 is 1. The zero-order chi connectivity index (χ0) is 24.1. The van der Waals surface area contributed by atoms with Crippen molar-refractivity contribution in [2.45, 2.75) is 0 Å². The number of rotatable bonds is 5. The number of piperazine rings is 1. The number of halogens is 1. The van der Waals surface area contributed by atoms with Crippen LogP contribution in [-0.4, -0.2) is 67.1 Å². The number of urea groups is 1. The maximum atomic E-state index is 13.5. The lowest BCUT2D eigenvalue weighted by molar-refractivity contribution is 0.0664. The number of hydrogen-bond acceptors (Lipinski definition) is 5. The number of likely N-dealkylation sites (N-methyl/N-ethyl adjacent to an activating group) is 1. The van der Waals surface area contributed by atoms with E-state index < -0.39 is 11.8 Å². The van der Waals surface area contributed by atoms with E-state index in [0.717, 1.165) is 13.1 Å². The Bertz CT molecular complexity index is 1190. The van der Waals surface area contributed by atoms with E-state index in [9.17, 15) is 14.0 Å². The van der Waals surface area contributed by atoms with E-state index in [2.05, 4.69) is 20.5 Å². The first-order valence-electron chi connectivity index (χ1n) is 10.9. The van der Waals surface area contributed by atoms with Crippen LogP contribution in [0, 0.1) is 5.82 Å². The van der Waals surface area contributed by atoms with Gasteiger partial charge in [-0.1, -0.05) is 6.07 Å². The van der Waals surface area contributed by atoms with Crippen LogP contribution in [0.4, 0.5) is 20.7 Å². The van der Waals surface area contributed by atoms with Gasteiger partial charge in [-0.3, -0.25) is 10.1 Å². The molecule has 1 aliphatic heterocycles. The number of anilines is 2. The first kappa shape index (κ1) is 23.2. The molecule has 0 atom stereocenters. The number of carbonyl (C=O) groups excluding carboxylic acids is 2. The third-order valence-electron chi connectivity index (χ3n) is 5.63. The Morgan fingerprint density at radius 3 is 2.56 bits per heavy atom. The predicted octanol–water partition coefficient (Wildman–Crippen LogP) is 3.93. The Kier molecular flexibility index (Phi) is 7.03. The average Bonchev–Trinajstić information content (AvgIpc) is 2.84. The summed E-state index contributed by atoms with van der Waals surface area (Å²) in [7, 11) is 3.50. The molecule has 8 nitrogen and oxygen atoms in total. The molecule has 176 valence electrons. The molecular weight excluding hydrogens is 437 g/mol. The highest BCUT2D eigenvalue weighted by Gasteiger charge is 2.20. The maximum Gasteiger partial charge on any atom is 0.324 e. The van der Waals surface area contributed by atoms with E-state index in [0.29, 0.717) is 47.0 Å². The Balaban J connectivity index is 1.43. The normalized spacial score (nSPS) is 13.9. The number of benzene rings is 2. The second-order valence-electron chi connectivity index (χ2n) is 8.03. The predicted molar refractivity (Wildman–Crippen MR) is 129 cm³/mol. The Morgan fingerprint density at radius 2 is 1.79 bits per heavy atom. The van der Waals surface area contributed by atoms with Crippen LogP contribution in [0.25, 0.3) is 11.1 Å². The fourth-order valence-corrected chi connectivity index (χ4v) is 3.77. The molecule has 34 heavy (non-hydrogen) atoms. The lowest BCUT2D eigenvalue weighted by atomic mass is 10.1. The molecule has 9 heteroatoms. The van der Waals surface area contributed by atoms with E-state index in [-0.39, 0.29) is 5.91 Å². The van der Waals surface area contributed by atoms with Gasteiger partial charge in [0.2, 0.25) is 0 Å². The van der Waals surface area contributed by atoms with E-state index in [4.69, 9.17) is 4.74 Å².